The Balaban J connectivity index is 2.55. The number of rotatable bonds is 6. The van der Waals surface area contributed by atoms with E-state index in [1.807, 2.05) is 30.3 Å². The minimum absolute atomic E-state index is 0.0334. The number of hydrogen-bond donors (Lipinski definition) is 1. The molecule has 6 heteroatoms. The van der Waals surface area contributed by atoms with Crippen LogP contribution in [-0.2, 0) is 18.9 Å². The molecule has 0 aromatic heterocycles. The van der Waals surface area contributed by atoms with Crippen LogP contribution in [0.25, 0.3) is 0 Å². The van der Waals surface area contributed by atoms with E-state index in [2.05, 4.69) is 0 Å². The zero-order valence-corrected chi connectivity index (χ0v) is 12.9. The molecule has 1 saturated heterocycles. The molecule has 0 aliphatic carbocycles. The second-order valence-corrected chi connectivity index (χ2v) is 7.11. The summed E-state index contributed by atoms with van der Waals surface area (Å²) < 4.78 is 24.3. The van der Waals surface area contributed by atoms with Gasteiger partial charge >= 0.3 is 7.60 Å². The quantitative estimate of drug-likeness (QED) is 0.646. The van der Waals surface area contributed by atoms with Crippen molar-refractivity contribution in [2.75, 3.05) is 19.8 Å². The summed E-state index contributed by atoms with van der Waals surface area (Å²) >= 11 is 0. The number of nitrogens with one attached hydrogen (secondary N) is 1. The maximum absolute atomic E-state index is 13.3. The third kappa shape index (κ3) is 2.45. The van der Waals surface area contributed by atoms with Crippen molar-refractivity contribution in [2.45, 2.75) is 32.0 Å². The van der Waals surface area contributed by atoms with Gasteiger partial charge in [0.2, 0.25) is 5.28 Å². The summed E-state index contributed by atoms with van der Waals surface area (Å²) in [5.74, 6) is 0. The lowest BCUT2D eigenvalue weighted by molar-refractivity contribution is -0.882. The molecule has 2 rings (SSSR count). The Morgan fingerprint density at radius 1 is 1.25 bits per heavy atom. The highest BCUT2D eigenvalue weighted by Crippen LogP contribution is 2.64. The highest BCUT2D eigenvalue weighted by molar-refractivity contribution is 7.54. The van der Waals surface area contributed by atoms with Gasteiger partial charge in [-0.2, -0.15) is 0 Å². The fourth-order valence-electron chi connectivity index (χ4n) is 2.92. The smallest absolute Gasteiger partial charge is 0.395 e. The molecule has 1 fully saturated rings. The summed E-state index contributed by atoms with van der Waals surface area (Å²) in [5.41, 5.74) is 0.743. The monoisotopic (exact) mass is 299 g/mol. The minimum atomic E-state index is -3.53. The third-order valence-electron chi connectivity index (χ3n) is 3.72. The van der Waals surface area contributed by atoms with Crippen LogP contribution in [0.1, 0.15) is 32.3 Å². The van der Waals surface area contributed by atoms with Gasteiger partial charge in [-0.25, -0.2) is 0 Å². The molecule has 2 atom stereocenters. The summed E-state index contributed by atoms with van der Waals surface area (Å²) in [5, 5.41) is 11.4. The van der Waals surface area contributed by atoms with Gasteiger partial charge in [0, 0.05) is 18.4 Å². The first kappa shape index (κ1) is 15.7. The van der Waals surface area contributed by atoms with E-state index in [0.717, 1.165) is 12.0 Å². The Hall–Kier alpha value is -0.710. The van der Waals surface area contributed by atoms with Gasteiger partial charge in [0.15, 0.2) is 0 Å². The van der Waals surface area contributed by atoms with Crippen LogP contribution in [0, 0.1) is 5.21 Å². The molecule has 1 heterocycles. The van der Waals surface area contributed by atoms with Crippen molar-refractivity contribution in [2.24, 2.45) is 0 Å². The van der Waals surface area contributed by atoms with Crippen molar-refractivity contribution < 1.29 is 18.7 Å². The average Bonchev–Trinajstić information content (AvgIpc) is 2.83. The van der Waals surface area contributed by atoms with Crippen molar-refractivity contribution in [3.63, 3.8) is 0 Å². The maximum Gasteiger partial charge on any atom is 0.395 e. The van der Waals surface area contributed by atoms with Crippen LogP contribution in [-0.4, -0.2) is 19.8 Å². The number of hydrogen-bond acceptors (Lipinski definition) is 4. The van der Waals surface area contributed by atoms with Crippen LogP contribution >= 0.6 is 7.60 Å². The van der Waals surface area contributed by atoms with Crippen molar-refractivity contribution in [1.29, 1.82) is 0 Å². The van der Waals surface area contributed by atoms with E-state index in [1.54, 1.807) is 13.8 Å². The molecular formula is C14H22NO4P. The van der Waals surface area contributed by atoms with Gasteiger partial charge in [-0.05, 0) is 13.8 Å². The molecule has 0 spiro atoms. The van der Waals surface area contributed by atoms with Gasteiger partial charge in [0.25, 0.3) is 0 Å². The first-order valence-electron chi connectivity index (χ1n) is 7.08. The summed E-state index contributed by atoms with van der Waals surface area (Å²) in [4.78, 5) is 0. The molecule has 1 aromatic rings. The van der Waals surface area contributed by atoms with Crippen LogP contribution in [0.2, 0.25) is 0 Å². The molecule has 0 saturated carbocycles. The standard InChI is InChI=1S/C14H22NO4P/c1-3-18-20(17,19-4-2)14(11-8-12-15(14)16)13-9-6-5-7-10-13/h5-7,9-10,15H,3-4,8,11-12H2,1-2H3. The Bertz CT molecular complexity index is 471. The van der Waals surface area contributed by atoms with E-state index in [0.29, 0.717) is 13.0 Å². The van der Waals surface area contributed by atoms with E-state index in [-0.39, 0.29) is 18.3 Å². The second-order valence-electron chi connectivity index (χ2n) is 4.84. The topological polar surface area (TPSA) is 63.0 Å². The Kier molecular flexibility index (Phi) is 4.99. The van der Waals surface area contributed by atoms with Gasteiger partial charge in [-0.1, -0.05) is 30.3 Å². The van der Waals surface area contributed by atoms with Crippen molar-refractivity contribution in [3.05, 3.63) is 41.1 Å². The van der Waals surface area contributed by atoms with E-state index in [4.69, 9.17) is 9.05 Å². The fraction of sp³-hybridized carbons (Fsp3) is 0.571. The number of benzene rings is 1. The summed E-state index contributed by atoms with van der Waals surface area (Å²) in [6.07, 6.45) is 1.24. The SMILES string of the molecule is CCOP(=O)(OCC)C1(c2ccccc2)CCC[NH+]1[O-]. The molecule has 20 heavy (non-hydrogen) atoms. The van der Waals surface area contributed by atoms with Crippen LogP contribution in [0.5, 0.6) is 0 Å². The lowest BCUT2D eigenvalue weighted by Gasteiger charge is -2.41. The molecule has 1 aromatic carbocycles. The largest absolute Gasteiger partial charge is 0.633 e. The van der Waals surface area contributed by atoms with Gasteiger partial charge in [-0.15, -0.1) is 0 Å². The zero-order valence-electron chi connectivity index (χ0n) is 12.0. The lowest BCUT2D eigenvalue weighted by atomic mass is 10.0. The highest BCUT2D eigenvalue weighted by Gasteiger charge is 2.60. The van der Waals surface area contributed by atoms with E-state index in [9.17, 15) is 9.77 Å². The summed E-state index contributed by atoms with van der Waals surface area (Å²) in [7, 11) is -3.53. The Morgan fingerprint density at radius 2 is 1.85 bits per heavy atom. The predicted octanol–water partition coefficient (Wildman–Crippen LogP) is 2.28. The Labute approximate surface area is 120 Å². The number of quaternary nitrogens is 1. The second kappa shape index (κ2) is 6.37. The van der Waals surface area contributed by atoms with Gasteiger partial charge in [0.05, 0.1) is 19.8 Å². The first-order chi connectivity index (χ1) is 9.60. The minimum Gasteiger partial charge on any atom is -0.633 e. The highest BCUT2D eigenvalue weighted by atomic mass is 31.2. The molecule has 2 unspecified atom stereocenters. The van der Waals surface area contributed by atoms with Gasteiger partial charge in [0.1, 0.15) is 0 Å². The molecule has 0 radical (unpaired) electrons. The van der Waals surface area contributed by atoms with Crippen LogP contribution in [0.4, 0.5) is 0 Å². The van der Waals surface area contributed by atoms with E-state index < -0.39 is 12.9 Å². The van der Waals surface area contributed by atoms with Crippen LogP contribution in [0.3, 0.4) is 0 Å². The molecular weight excluding hydrogens is 277 g/mol. The van der Waals surface area contributed by atoms with Crippen molar-refractivity contribution in [1.82, 2.24) is 0 Å². The van der Waals surface area contributed by atoms with Crippen molar-refractivity contribution >= 4 is 7.60 Å². The number of hydroxylamine groups is 2. The lowest BCUT2D eigenvalue weighted by Crippen LogP contribution is -3.12. The van der Waals surface area contributed by atoms with Crippen LogP contribution < -0.4 is 5.06 Å². The fourth-order valence-corrected chi connectivity index (χ4v) is 5.43. The molecule has 0 amide bonds. The molecule has 5 nitrogen and oxygen atoms in total. The van der Waals surface area contributed by atoms with Gasteiger partial charge < -0.3 is 19.3 Å². The summed E-state index contributed by atoms with van der Waals surface area (Å²) in [6.45, 7) is 4.49. The molecule has 1 N–H and O–H groups in total. The van der Waals surface area contributed by atoms with Crippen LogP contribution in [0.15, 0.2) is 30.3 Å². The molecule has 1 aliphatic rings. The van der Waals surface area contributed by atoms with Crippen molar-refractivity contribution in [3.8, 4) is 0 Å². The first-order valence-corrected chi connectivity index (χ1v) is 8.63. The molecule has 112 valence electrons. The molecule has 1 aliphatic heterocycles. The average molecular weight is 299 g/mol. The normalized spacial score (nSPS) is 26.9. The van der Waals surface area contributed by atoms with E-state index >= 15 is 0 Å². The Morgan fingerprint density at radius 3 is 2.30 bits per heavy atom. The van der Waals surface area contributed by atoms with E-state index in [1.165, 1.54) is 0 Å². The van der Waals surface area contributed by atoms with Gasteiger partial charge in [-0.3, -0.25) is 4.57 Å². The zero-order chi connectivity index (χ0) is 14.6. The predicted molar refractivity (Wildman–Crippen MR) is 77.4 cm³/mol. The maximum atomic E-state index is 13.3. The summed E-state index contributed by atoms with van der Waals surface area (Å²) in [6, 6.07) is 9.26. The third-order valence-corrected chi connectivity index (χ3v) is 6.58. The molecule has 0 bridgehead atoms.